The first kappa shape index (κ1) is 15.4. The molecule has 5 nitrogen and oxygen atoms in total. The predicted octanol–water partition coefficient (Wildman–Crippen LogP) is 1.08. The molecule has 0 aromatic heterocycles. The Bertz CT molecular complexity index is 516. The van der Waals surface area contributed by atoms with E-state index in [2.05, 4.69) is 34.6 Å². The van der Waals surface area contributed by atoms with Crippen LogP contribution in [0.4, 0.5) is 5.69 Å². The molecule has 2 amide bonds. The van der Waals surface area contributed by atoms with E-state index in [9.17, 15) is 9.59 Å². The monoisotopic (exact) mass is 289 g/mol. The fourth-order valence-corrected chi connectivity index (χ4v) is 2.65. The quantitative estimate of drug-likeness (QED) is 0.852. The lowest BCUT2D eigenvalue weighted by Gasteiger charge is -2.36. The second-order valence-corrected chi connectivity index (χ2v) is 5.37. The van der Waals surface area contributed by atoms with E-state index in [4.69, 9.17) is 0 Å². The summed E-state index contributed by atoms with van der Waals surface area (Å²) in [5.74, 6) is -0.275. The van der Waals surface area contributed by atoms with E-state index >= 15 is 0 Å². The number of benzene rings is 1. The van der Waals surface area contributed by atoms with Crippen LogP contribution in [0.5, 0.6) is 0 Å². The van der Waals surface area contributed by atoms with Crippen LogP contribution in [-0.4, -0.2) is 37.5 Å². The van der Waals surface area contributed by atoms with Crippen molar-refractivity contribution in [2.24, 2.45) is 0 Å². The number of anilines is 1. The third-order valence-electron chi connectivity index (χ3n) is 3.80. The first-order chi connectivity index (χ1) is 10.1. The Morgan fingerprint density at radius 3 is 2.76 bits per heavy atom. The van der Waals surface area contributed by atoms with Crippen molar-refractivity contribution >= 4 is 17.5 Å². The van der Waals surface area contributed by atoms with Gasteiger partial charge >= 0.3 is 0 Å². The SMILES string of the molecule is CCNC(=O)CNC(=O)CN1c2ccccc2CC[C@@H]1C. The van der Waals surface area contributed by atoms with Crippen molar-refractivity contribution in [3.63, 3.8) is 0 Å². The second-order valence-electron chi connectivity index (χ2n) is 5.37. The van der Waals surface area contributed by atoms with Crippen LogP contribution in [0.2, 0.25) is 0 Å². The lowest BCUT2D eigenvalue weighted by molar-refractivity contribution is -0.125. The van der Waals surface area contributed by atoms with E-state index in [1.54, 1.807) is 0 Å². The van der Waals surface area contributed by atoms with Crippen LogP contribution in [-0.2, 0) is 16.0 Å². The molecule has 1 aliphatic heterocycles. The molecule has 5 heteroatoms. The average Bonchev–Trinajstić information content (AvgIpc) is 2.48. The number of aryl methyl sites for hydroxylation is 1. The molecule has 2 N–H and O–H groups in total. The summed E-state index contributed by atoms with van der Waals surface area (Å²) in [7, 11) is 0. The van der Waals surface area contributed by atoms with Crippen LogP contribution in [0, 0.1) is 0 Å². The van der Waals surface area contributed by atoms with Gasteiger partial charge in [0.2, 0.25) is 11.8 Å². The smallest absolute Gasteiger partial charge is 0.239 e. The van der Waals surface area contributed by atoms with Crippen molar-refractivity contribution in [2.45, 2.75) is 32.7 Å². The topological polar surface area (TPSA) is 61.4 Å². The predicted molar refractivity (Wildman–Crippen MR) is 83.3 cm³/mol. The minimum absolute atomic E-state index is 0.0382. The van der Waals surface area contributed by atoms with Gasteiger partial charge < -0.3 is 15.5 Å². The summed E-state index contributed by atoms with van der Waals surface area (Å²) in [5.41, 5.74) is 2.41. The zero-order valence-electron chi connectivity index (χ0n) is 12.7. The molecule has 1 aromatic rings. The summed E-state index contributed by atoms with van der Waals surface area (Å²) in [6.45, 7) is 4.89. The molecule has 0 bridgehead atoms. The number of likely N-dealkylation sites (N-methyl/N-ethyl adjacent to an activating group) is 1. The van der Waals surface area contributed by atoms with Gasteiger partial charge in [-0.25, -0.2) is 0 Å². The maximum atomic E-state index is 12.0. The Morgan fingerprint density at radius 1 is 1.24 bits per heavy atom. The molecule has 0 aliphatic carbocycles. The van der Waals surface area contributed by atoms with Gasteiger partial charge in [-0.3, -0.25) is 9.59 Å². The number of para-hydroxylation sites is 1. The van der Waals surface area contributed by atoms with Gasteiger partial charge in [0.05, 0.1) is 13.1 Å². The highest BCUT2D eigenvalue weighted by Crippen LogP contribution is 2.29. The maximum Gasteiger partial charge on any atom is 0.239 e. The first-order valence-corrected chi connectivity index (χ1v) is 7.49. The van der Waals surface area contributed by atoms with Gasteiger partial charge in [0.15, 0.2) is 0 Å². The molecule has 0 unspecified atom stereocenters. The Kier molecular flexibility index (Phi) is 5.20. The molecule has 0 saturated heterocycles. The van der Waals surface area contributed by atoms with Crippen LogP contribution >= 0.6 is 0 Å². The van der Waals surface area contributed by atoms with Crippen LogP contribution in [0.3, 0.4) is 0 Å². The van der Waals surface area contributed by atoms with E-state index in [-0.39, 0.29) is 24.9 Å². The third kappa shape index (κ3) is 3.97. The zero-order chi connectivity index (χ0) is 15.2. The van der Waals surface area contributed by atoms with Crippen molar-refractivity contribution < 1.29 is 9.59 Å². The fourth-order valence-electron chi connectivity index (χ4n) is 2.65. The highest BCUT2D eigenvalue weighted by Gasteiger charge is 2.24. The first-order valence-electron chi connectivity index (χ1n) is 7.49. The van der Waals surface area contributed by atoms with E-state index in [0.29, 0.717) is 12.6 Å². The molecule has 0 saturated carbocycles. The fraction of sp³-hybridized carbons (Fsp3) is 0.500. The van der Waals surface area contributed by atoms with Crippen molar-refractivity contribution in [3.8, 4) is 0 Å². The van der Waals surface area contributed by atoms with Gasteiger partial charge in [-0.15, -0.1) is 0 Å². The number of carbonyl (C=O) groups is 2. The van der Waals surface area contributed by atoms with Gasteiger partial charge in [-0.2, -0.15) is 0 Å². The van der Waals surface area contributed by atoms with E-state index in [0.717, 1.165) is 18.5 Å². The lowest BCUT2D eigenvalue weighted by atomic mass is 9.97. The van der Waals surface area contributed by atoms with Gasteiger partial charge in [-0.05, 0) is 38.3 Å². The normalized spacial score (nSPS) is 17.0. The Hall–Kier alpha value is -2.04. The van der Waals surface area contributed by atoms with Crippen molar-refractivity contribution in [3.05, 3.63) is 29.8 Å². The molecule has 1 atom stereocenters. The van der Waals surface area contributed by atoms with Crippen LogP contribution < -0.4 is 15.5 Å². The van der Waals surface area contributed by atoms with Gasteiger partial charge in [0.1, 0.15) is 0 Å². The molecule has 1 heterocycles. The van der Waals surface area contributed by atoms with Crippen LogP contribution in [0.25, 0.3) is 0 Å². The molecule has 114 valence electrons. The van der Waals surface area contributed by atoms with E-state index < -0.39 is 0 Å². The molecule has 0 spiro atoms. The largest absolute Gasteiger partial charge is 0.359 e. The highest BCUT2D eigenvalue weighted by molar-refractivity contribution is 5.87. The summed E-state index contributed by atoms with van der Waals surface area (Å²) < 4.78 is 0. The highest BCUT2D eigenvalue weighted by atomic mass is 16.2. The molecule has 21 heavy (non-hydrogen) atoms. The Balaban J connectivity index is 1.95. The summed E-state index contributed by atoms with van der Waals surface area (Å²) in [6, 6.07) is 8.52. The lowest BCUT2D eigenvalue weighted by Crippen LogP contribution is -2.46. The minimum Gasteiger partial charge on any atom is -0.359 e. The molecular formula is C16H23N3O2. The number of rotatable bonds is 5. The van der Waals surface area contributed by atoms with Gasteiger partial charge in [0.25, 0.3) is 0 Å². The van der Waals surface area contributed by atoms with E-state index in [1.807, 2.05) is 19.1 Å². The standard InChI is InChI=1S/C16H23N3O2/c1-3-17-15(20)10-18-16(21)11-19-12(2)8-9-13-6-4-5-7-14(13)19/h4-7,12H,3,8-11H2,1-2H3,(H,17,20)(H,18,21)/t12-/m0/s1. The number of nitrogens with one attached hydrogen (secondary N) is 2. The van der Waals surface area contributed by atoms with E-state index in [1.165, 1.54) is 5.56 Å². The maximum absolute atomic E-state index is 12.0. The number of fused-ring (bicyclic) bond motifs is 1. The van der Waals surface area contributed by atoms with Crippen molar-refractivity contribution in [1.29, 1.82) is 0 Å². The number of nitrogens with zero attached hydrogens (tertiary/aromatic N) is 1. The summed E-state index contributed by atoms with van der Waals surface area (Å²) in [6.07, 6.45) is 2.09. The zero-order valence-corrected chi connectivity index (χ0v) is 12.7. The summed E-state index contributed by atoms with van der Waals surface area (Å²) in [5, 5.41) is 5.33. The number of hydrogen-bond acceptors (Lipinski definition) is 3. The Labute approximate surface area is 125 Å². The van der Waals surface area contributed by atoms with Crippen molar-refractivity contribution in [1.82, 2.24) is 10.6 Å². The molecule has 0 fully saturated rings. The van der Waals surface area contributed by atoms with Crippen molar-refractivity contribution in [2.75, 3.05) is 24.5 Å². The number of hydrogen-bond donors (Lipinski definition) is 2. The summed E-state index contributed by atoms with van der Waals surface area (Å²) >= 11 is 0. The van der Waals surface area contributed by atoms with Crippen LogP contribution in [0.1, 0.15) is 25.8 Å². The Morgan fingerprint density at radius 2 is 2.00 bits per heavy atom. The van der Waals surface area contributed by atoms with Gasteiger partial charge in [0, 0.05) is 18.3 Å². The van der Waals surface area contributed by atoms with Gasteiger partial charge in [-0.1, -0.05) is 18.2 Å². The number of carbonyl (C=O) groups excluding carboxylic acids is 2. The molecule has 2 rings (SSSR count). The molecule has 1 aromatic carbocycles. The minimum atomic E-state index is -0.155. The molecule has 1 aliphatic rings. The average molecular weight is 289 g/mol. The third-order valence-corrected chi connectivity index (χ3v) is 3.80. The molecule has 0 radical (unpaired) electrons. The number of amides is 2. The molecular weight excluding hydrogens is 266 g/mol. The second kappa shape index (κ2) is 7.11. The summed E-state index contributed by atoms with van der Waals surface area (Å²) in [4.78, 5) is 25.5. The van der Waals surface area contributed by atoms with Crippen LogP contribution in [0.15, 0.2) is 24.3 Å².